The Balaban J connectivity index is 2.01. The van der Waals surface area contributed by atoms with Gasteiger partial charge < -0.3 is 4.74 Å². The molecule has 1 aliphatic carbocycles. The Hall–Kier alpha value is -1.62. The Morgan fingerprint density at radius 3 is 2.79 bits per heavy atom. The number of benzene rings is 1. The summed E-state index contributed by atoms with van der Waals surface area (Å²) >= 11 is 5.74. The maximum Gasteiger partial charge on any atom is 0.345 e. The second-order valence-electron chi connectivity index (χ2n) is 4.61. The first-order chi connectivity index (χ1) is 9.09. The molecule has 0 unspecified atom stereocenters. The van der Waals surface area contributed by atoms with Crippen LogP contribution in [0.3, 0.4) is 0 Å². The molecule has 5 nitrogen and oxygen atoms in total. The number of hydrogen-bond donors (Lipinski definition) is 0. The van der Waals surface area contributed by atoms with Crippen molar-refractivity contribution in [3.05, 3.63) is 38.9 Å². The van der Waals surface area contributed by atoms with Crippen molar-refractivity contribution in [2.75, 3.05) is 6.61 Å². The molecule has 0 saturated heterocycles. The number of esters is 1. The van der Waals surface area contributed by atoms with Crippen LogP contribution in [0.1, 0.15) is 36.0 Å². The molecule has 1 saturated carbocycles. The lowest BCUT2D eigenvalue weighted by Crippen LogP contribution is -2.16. The average molecular weight is 284 g/mol. The Morgan fingerprint density at radius 2 is 2.21 bits per heavy atom. The summed E-state index contributed by atoms with van der Waals surface area (Å²) in [6, 6.07) is 4.23. The quantitative estimate of drug-likeness (QED) is 0.470. The molecule has 0 spiro atoms. The number of nitro benzene ring substituents is 1. The molecule has 1 aromatic rings. The van der Waals surface area contributed by atoms with Gasteiger partial charge in [-0.3, -0.25) is 10.1 Å². The molecule has 0 aliphatic heterocycles. The molecule has 102 valence electrons. The number of hydrogen-bond acceptors (Lipinski definition) is 4. The molecule has 1 aromatic carbocycles. The monoisotopic (exact) mass is 283 g/mol. The van der Waals surface area contributed by atoms with Crippen LogP contribution in [0.4, 0.5) is 5.69 Å². The van der Waals surface area contributed by atoms with Crippen LogP contribution in [-0.2, 0) is 4.74 Å². The summed E-state index contributed by atoms with van der Waals surface area (Å²) in [5.74, 6) is -0.0596. The molecule has 0 heterocycles. The molecule has 0 atom stereocenters. The van der Waals surface area contributed by atoms with Gasteiger partial charge in [0.15, 0.2) is 0 Å². The number of ether oxygens (including phenoxy) is 1. The van der Waals surface area contributed by atoms with Gasteiger partial charge in [0.25, 0.3) is 0 Å². The van der Waals surface area contributed by atoms with Crippen LogP contribution in [0, 0.1) is 16.0 Å². The smallest absolute Gasteiger partial charge is 0.345 e. The zero-order valence-corrected chi connectivity index (χ0v) is 11.1. The van der Waals surface area contributed by atoms with Crippen LogP contribution in [0.5, 0.6) is 0 Å². The fourth-order valence-electron chi connectivity index (χ4n) is 2.04. The van der Waals surface area contributed by atoms with Crippen LogP contribution in [0.2, 0.25) is 5.02 Å². The molecule has 19 heavy (non-hydrogen) atoms. The standard InChI is InChI=1S/C13H14ClNO4/c14-11-6-2-5-10(12(11)15(17)18)13(16)19-8-7-9-3-1-4-9/h2,5-6,9H,1,3-4,7-8H2. The number of carbonyl (C=O) groups excluding carboxylic acids is 1. The summed E-state index contributed by atoms with van der Waals surface area (Å²) in [7, 11) is 0. The van der Waals surface area contributed by atoms with Gasteiger partial charge in [0.2, 0.25) is 0 Å². The summed E-state index contributed by atoms with van der Waals surface area (Å²) in [4.78, 5) is 22.1. The number of halogens is 1. The largest absolute Gasteiger partial charge is 0.462 e. The maximum absolute atomic E-state index is 11.8. The van der Waals surface area contributed by atoms with E-state index in [1.54, 1.807) is 0 Å². The Labute approximate surface area is 115 Å². The van der Waals surface area contributed by atoms with Gasteiger partial charge in [0.1, 0.15) is 10.6 Å². The highest BCUT2D eigenvalue weighted by Crippen LogP contribution is 2.30. The highest BCUT2D eigenvalue weighted by atomic mass is 35.5. The van der Waals surface area contributed by atoms with Crippen LogP contribution in [0.15, 0.2) is 18.2 Å². The van der Waals surface area contributed by atoms with Crippen molar-refractivity contribution in [2.24, 2.45) is 5.92 Å². The Bertz CT molecular complexity index is 499. The molecule has 1 aliphatic rings. The van der Waals surface area contributed by atoms with Gasteiger partial charge in [-0.05, 0) is 24.5 Å². The van der Waals surface area contributed by atoms with Gasteiger partial charge in [-0.25, -0.2) is 4.79 Å². The van der Waals surface area contributed by atoms with E-state index in [4.69, 9.17) is 16.3 Å². The van der Waals surface area contributed by atoms with E-state index in [0.717, 1.165) is 6.42 Å². The summed E-state index contributed by atoms with van der Waals surface area (Å²) < 4.78 is 5.08. The lowest BCUT2D eigenvalue weighted by Gasteiger charge is -2.24. The lowest BCUT2D eigenvalue weighted by atomic mass is 9.83. The predicted molar refractivity (Wildman–Crippen MR) is 70.3 cm³/mol. The lowest BCUT2D eigenvalue weighted by molar-refractivity contribution is -0.385. The van der Waals surface area contributed by atoms with Gasteiger partial charge in [-0.1, -0.05) is 36.9 Å². The molecule has 0 aromatic heterocycles. The molecular weight excluding hydrogens is 270 g/mol. The minimum Gasteiger partial charge on any atom is -0.462 e. The van der Waals surface area contributed by atoms with E-state index >= 15 is 0 Å². The van der Waals surface area contributed by atoms with Crippen molar-refractivity contribution in [2.45, 2.75) is 25.7 Å². The van der Waals surface area contributed by atoms with Crippen LogP contribution < -0.4 is 0 Å². The van der Waals surface area contributed by atoms with Crippen molar-refractivity contribution in [1.82, 2.24) is 0 Å². The second-order valence-corrected chi connectivity index (χ2v) is 5.02. The van der Waals surface area contributed by atoms with E-state index in [-0.39, 0.29) is 10.6 Å². The van der Waals surface area contributed by atoms with Crippen molar-refractivity contribution >= 4 is 23.3 Å². The average Bonchev–Trinajstić information content (AvgIpc) is 2.31. The van der Waals surface area contributed by atoms with Gasteiger partial charge in [-0.2, -0.15) is 0 Å². The third kappa shape index (κ3) is 3.23. The summed E-state index contributed by atoms with van der Waals surface area (Å²) in [6.45, 7) is 0.299. The summed E-state index contributed by atoms with van der Waals surface area (Å²) in [5.41, 5.74) is -0.482. The van der Waals surface area contributed by atoms with E-state index in [9.17, 15) is 14.9 Å². The van der Waals surface area contributed by atoms with Gasteiger partial charge >= 0.3 is 11.7 Å². The topological polar surface area (TPSA) is 69.4 Å². The molecule has 1 fully saturated rings. The fraction of sp³-hybridized carbons (Fsp3) is 0.462. The van der Waals surface area contributed by atoms with Crippen molar-refractivity contribution in [1.29, 1.82) is 0 Å². The molecular formula is C13H14ClNO4. The SMILES string of the molecule is O=C(OCCC1CCC1)c1cccc(Cl)c1[N+](=O)[O-]. The normalized spacial score (nSPS) is 14.8. The predicted octanol–water partition coefficient (Wildman–Crippen LogP) is 3.60. The van der Waals surface area contributed by atoms with Gasteiger partial charge in [0.05, 0.1) is 11.5 Å². The van der Waals surface area contributed by atoms with Crippen molar-refractivity contribution in [3.63, 3.8) is 0 Å². The van der Waals surface area contributed by atoms with E-state index in [2.05, 4.69) is 0 Å². The third-order valence-corrected chi connectivity index (χ3v) is 3.68. The van der Waals surface area contributed by atoms with Gasteiger partial charge in [0, 0.05) is 0 Å². The molecule has 2 rings (SSSR count). The first kappa shape index (κ1) is 13.8. The van der Waals surface area contributed by atoms with Crippen LogP contribution in [-0.4, -0.2) is 17.5 Å². The third-order valence-electron chi connectivity index (χ3n) is 3.37. The first-order valence-electron chi connectivity index (χ1n) is 6.19. The number of nitrogens with zero attached hydrogens (tertiary/aromatic N) is 1. The second kappa shape index (κ2) is 6.02. The summed E-state index contributed by atoms with van der Waals surface area (Å²) in [6.07, 6.45) is 4.40. The van der Waals surface area contributed by atoms with Crippen LogP contribution >= 0.6 is 11.6 Å². The van der Waals surface area contributed by atoms with Gasteiger partial charge in [-0.15, -0.1) is 0 Å². The Kier molecular flexibility index (Phi) is 4.37. The maximum atomic E-state index is 11.8. The van der Waals surface area contributed by atoms with E-state index < -0.39 is 16.6 Å². The zero-order valence-electron chi connectivity index (χ0n) is 10.3. The fourth-order valence-corrected chi connectivity index (χ4v) is 2.29. The molecule has 0 bridgehead atoms. The summed E-state index contributed by atoms with van der Waals surface area (Å²) in [5, 5.41) is 10.8. The molecule has 0 amide bonds. The highest BCUT2D eigenvalue weighted by Gasteiger charge is 2.25. The highest BCUT2D eigenvalue weighted by molar-refractivity contribution is 6.33. The first-order valence-corrected chi connectivity index (χ1v) is 6.57. The van der Waals surface area contributed by atoms with E-state index in [0.29, 0.717) is 12.5 Å². The minimum atomic E-state index is -0.687. The number of nitro groups is 1. The Morgan fingerprint density at radius 1 is 1.47 bits per heavy atom. The van der Waals surface area contributed by atoms with Crippen molar-refractivity contribution in [3.8, 4) is 0 Å². The minimum absolute atomic E-state index is 0.0570. The zero-order chi connectivity index (χ0) is 13.8. The molecule has 0 radical (unpaired) electrons. The van der Waals surface area contributed by atoms with Crippen molar-refractivity contribution < 1.29 is 14.5 Å². The number of carbonyl (C=O) groups is 1. The van der Waals surface area contributed by atoms with E-state index in [1.165, 1.54) is 37.5 Å². The van der Waals surface area contributed by atoms with Crippen LogP contribution in [0.25, 0.3) is 0 Å². The number of para-hydroxylation sites is 1. The van der Waals surface area contributed by atoms with E-state index in [1.807, 2.05) is 0 Å². The molecule has 0 N–H and O–H groups in total. The number of rotatable bonds is 5. The molecule has 6 heteroatoms.